The van der Waals surface area contributed by atoms with Crippen LogP contribution in [0.1, 0.15) is 53.9 Å². The number of esters is 1. The second-order valence-corrected chi connectivity index (χ2v) is 7.79. The number of likely N-dealkylation sites (tertiary alicyclic amines) is 1. The number of nitrogens with one attached hydrogen (secondary N) is 1. The number of cyclic esters (lactones) is 1. The second-order valence-electron chi connectivity index (χ2n) is 7.79. The first-order valence-electron chi connectivity index (χ1n) is 9.94. The zero-order chi connectivity index (χ0) is 19.6. The average Bonchev–Trinajstić information content (AvgIpc) is 3.23. The van der Waals surface area contributed by atoms with Gasteiger partial charge in [0, 0.05) is 13.0 Å². The molecule has 0 radical (unpaired) electrons. The lowest BCUT2D eigenvalue weighted by molar-refractivity contribution is -0.140. The fourth-order valence-corrected chi connectivity index (χ4v) is 4.16. The molecule has 4 rings (SSSR count). The first-order valence-corrected chi connectivity index (χ1v) is 9.94. The lowest BCUT2D eigenvalue weighted by Crippen LogP contribution is -2.53. The predicted octanol–water partition coefficient (Wildman–Crippen LogP) is 3.09. The molecular formula is C22H26N2O4. The van der Waals surface area contributed by atoms with Crippen molar-refractivity contribution in [1.82, 2.24) is 10.2 Å². The summed E-state index contributed by atoms with van der Waals surface area (Å²) >= 11 is 0. The van der Waals surface area contributed by atoms with E-state index in [9.17, 15) is 9.59 Å². The number of carbonyl (C=O) groups excluding carboxylic acids is 2. The molecule has 28 heavy (non-hydrogen) atoms. The quantitative estimate of drug-likeness (QED) is 0.805. The van der Waals surface area contributed by atoms with E-state index in [4.69, 9.17) is 9.15 Å². The summed E-state index contributed by atoms with van der Waals surface area (Å²) in [5, 5.41) is 3.01. The van der Waals surface area contributed by atoms with Crippen LogP contribution < -0.4 is 5.32 Å². The third-order valence-corrected chi connectivity index (χ3v) is 5.72. The molecule has 3 heterocycles. The number of furan rings is 1. The Bertz CT molecular complexity index is 842. The van der Waals surface area contributed by atoms with E-state index in [1.165, 1.54) is 6.42 Å². The van der Waals surface area contributed by atoms with Crippen LogP contribution in [0.3, 0.4) is 0 Å². The highest BCUT2D eigenvalue weighted by atomic mass is 16.6. The fourth-order valence-electron chi connectivity index (χ4n) is 4.16. The molecule has 2 aliphatic heterocycles. The largest absolute Gasteiger partial charge is 0.468 e. The molecule has 6 nitrogen and oxygen atoms in total. The van der Waals surface area contributed by atoms with Crippen LogP contribution in [-0.2, 0) is 16.0 Å². The molecule has 0 spiro atoms. The number of nitrogens with zero attached hydrogens (tertiary/aromatic N) is 1. The van der Waals surface area contributed by atoms with Gasteiger partial charge in [0.05, 0.1) is 17.9 Å². The summed E-state index contributed by atoms with van der Waals surface area (Å²) in [4.78, 5) is 27.7. The first-order chi connectivity index (χ1) is 13.6. The number of hydrogen-bond acceptors (Lipinski definition) is 5. The van der Waals surface area contributed by atoms with Gasteiger partial charge in [-0.05, 0) is 56.6 Å². The molecule has 1 N–H and O–H groups in total. The van der Waals surface area contributed by atoms with Crippen molar-refractivity contribution in [2.45, 2.75) is 44.2 Å². The van der Waals surface area contributed by atoms with Gasteiger partial charge < -0.3 is 14.5 Å². The summed E-state index contributed by atoms with van der Waals surface area (Å²) < 4.78 is 11.2. The van der Waals surface area contributed by atoms with Crippen LogP contribution in [0, 0.1) is 0 Å². The van der Waals surface area contributed by atoms with Crippen LogP contribution in [0.4, 0.5) is 0 Å². The third-order valence-electron chi connectivity index (χ3n) is 5.72. The molecule has 2 atom stereocenters. The smallest absolute Gasteiger partial charge is 0.339 e. The van der Waals surface area contributed by atoms with E-state index in [1.807, 2.05) is 24.3 Å². The van der Waals surface area contributed by atoms with E-state index in [0.717, 1.165) is 37.3 Å². The Morgan fingerprint density at radius 1 is 1.18 bits per heavy atom. The van der Waals surface area contributed by atoms with Crippen molar-refractivity contribution in [3.05, 3.63) is 59.5 Å². The zero-order valence-corrected chi connectivity index (χ0v) is 16.1. The van der Waals surface area contributed by atoms with Crippen molar-refractivity contribution in [1.29, 1.82) is 0 Å². The van der Waals surface area contributed by atoms with E-state index in [1.54, 1.807) is 25.3 Å². The van der Waals surface area contributed by atoms with Gasteiger partial charge in [-0.25, -0.2) is 4.79 Å². The molecule has 2 unspecified atom stereocenters. The monoisotopic (exact) mass is 382 g/mol. The van der Waals surface area contributed by atoms with Gasteiger partial charge in [-0.1, -0.05) is 24.6 Å². The Hall–Kier alpha value is -2.60. The Morgan fingerprint density at radius 3 is 2.71 bits per heavy atom. The lowest BCUT2D eigenvalue weighted by atomic mass is 9.89. The first kappa shape index (κ1) is 18.7. The molecule has 2 aromatic rings. The molecule has 1 aromatic heterocycles. The van der Waals surface area contributed by atoms with Gasteiger partial charge in [0.2, 0.25) is 0 Å². The molecule has 6 heteroatoms. The van der Waals surface area contributed by atoms with Crippen molar-refractivity contribution in [2.75, 3.05) is 19.6 Å². The number of benzene rings is 1. The van der Waals surface area contributed by atoms with Crippen molar-refractivity contribution < 1.29 is 18.7 Å². The topological polar surface area (TPSA) is 71.8 Å². The van der Waals surface area contributed by atoms with Crippen molar-refractivity contribution >= 4 is 11.9 Å². The Balaban J connectivity index is 1.47. The maximum absolute atomic E-state index is 13.0. The minimum absolute atomic E-state index is 0.0190. The molecule has 1 saturated heterocycles. The van der Waals surface area contributed by atoms with Crippen LogP contribution in [0.15, 0.2) is 47.1 Å². The van der Waals surface area contributed by atoms with Crippen LogP contribution in [0.2, 0.25) is 0 Å². The highest BCUT2D eigenvalue weighted by molar-refractivity contribution is 5.97. The highest BCUT2D eigenvalue weighted by Gasteiger charge is 2.42. The minimum Gasteiger partial charge on any atom is -0.468 e. The van der Waals surface area contributed by atoms with E-state index >= 15 is 0 Å². The maximum Gasteiger partial charge on any atom is 0.339 e. The van der Waals surface area contributed by atoms with Crippen LogP contribution in [0.5, 0.6) is 0 Å². The second kappa shape index (κ2) is 7.80. The standard InChI is InChI=1S/C22H26N2O4/c1-22(14-16-8-3-4-9-17(16)20(25)28-22)21(26)23-15-18(19-10-7-13-27-19)24-11-5-2-6-12-24/h3-4,7-10,13,18H,2,5-6,11-12,14-15H2,1H3,(H,23,26). The molecule has 1 fully saturated rings. The molecule has 0 aliphatic carbocycles. The maximum atomic E-state index is 13.0. The Labute approximate surface area is 164 Å². The summed E-state index contributed by atoms with van der Waals surface area (Å²) in [5.74, 6) is 0.125. The van der Waals surface area contributed by atoms with E-state index in [0.29, 0.717) is 18.5 Å². The Morgan fingerprint density at radius 2 is 1.96 bits per heavy atom. The summed E-state index contributed by atoms with van der Waals surface area (Å²) in [6.45, 7) is 4.07. The van der Waals surface area contributed by atoms with Crippen LogP contribution in [0.25, 0.3) is 0 Å². The van der Waals surface area contributed by atoms with E-state index < -0.39 is 11.6 Å². The summed E-state index contributed by atoms with van der Waals surface area (Å²) in [5.41, 5.74) is 0.172. The van der Waals surface area contributed by atoms with Gasteiger partial charge in [-0.2, -0.15) is 0 Å². The minimum atomic E-state index is -1.21. The number of hydrogen-bond donors (Lipinski definition) is 1. The fraction of sp³-hybridized carbons (Fsp3) is 0.455. The number of carbonyl (C=O) groups is 2. The van der Waals surface area contributed by atoms with E-state index in [2.05, 4.69) is 10.2 Å². The highest BCUT2D eigenvalue weighted by Crippen LogP contribution is 2.29. The average molecular weight is 382 g/mol. The van der Waals surface area contributed by atoms with Gasteiger partial charge >= 0.3 is 5.97 Å². The Kier molecular flexibility index (Phi) is 5.22. The number of ether oxygens (including phenoxy) is 1. The summed E-state index contributed by atoms with van der Waals surface area (Å²) in [7, 11) is 0. The van der Waals surface area contributed by atoms with Gasteiger partial charge in [0.25, 0.3) is 5.91 Å². The molecule has 148 valence electrons. The molecule has 1 aromatic carbocycles. The normalized spacial score (nSPS) is 23.5. The summed E-state index contributed by atoms with van der Waals surface area (Å²) in [6, 6.07) is 11.1. The van der Waals surface area contributed by atoms with Crippen molar-refractivity contribution in [3.63, 3.8) is 0 Å². The van der Waals surface area contributed by atoms with E-state index in [-0.39, 0.29) is 11.9 Å². The van der Waals surface area contributed by atoms with Crippen molar-refractivity contribution in [3.8, 4) is 0 Å². The van der Waals surface area contributed by atoms with Crippen molar-refractivity contribution in [2.24, 2.45) is 0 Å². The van der Waals surface area contributed by atoms with Crippen LogP contribution >= 0.6 is 0 Å². The molecule has 2 aliphatic rings. The zero-order valence-electron chi connectivity index (χ0n) is 16.1. The SMILES string of the molecule is CC1(C(=O)NCC(c2ccco2)N2CCCCC2)Cc2ccccc2C(=O)O1. The van der Waals surface area contributed by atoms with Gasteiger partial charge in [-0.3, -0.25) is 9.69 Å². The van der Waals surface area contributed by atoms with Gasteiger partial charge in [-0.15, -0.1) is 0 Å². The van der Waals surface area contributed by atoms with Crippen LogP contribution in [-0.4, -0.2) is 42.0 Å². The number of fused-ring (bicyclic) bond motifs is 1. The molecular weight excluding hydrogens is 356 g/mol. The summed E-state index contributed by atoms with van der Waals surface area (Å²) in [6.07, 6.45) is 5.57. The van der Waals surface area contributed by atoms with Gasteiger partial charge in [0.15, 0.2) is 5.60 Å². The number of rotatable bonds is 5. The number of amides is 1. The number of piperidine rings is 1. The molecule has 0 saturated carbocycles. The molecule has 0 bridgehead atoms. The predicted molar refractivity (Wildman–Crippen MR) is 104 cm³/mol. The lowest BCUT2D eigenvalue weighted by Gasteiger charge is -2.36. The molecule has 1 amide bonds. The van der Waals surface area contributed by atoms with Gasteiger partial charge in [0.1, 0.15) is 5.76 Å². The third kappa shape index (κ3) is 3.69.